The highest BCUT2D eigenvalue weighted by molar-refractivity contribution is 8.00. The molecule has 0 saturated heterocycles. The quantitative estimate of drug-likeness (QED) is 0.771. The Bertz CT molecular complexity index is 818. The number of rotatable bonds is 6. The first kappa shape index (κ1) is 18.5. The largest absolute Gasteiger partial charge is 0.349 e. The standard InChI is InChI=1S/C17H20N2O3S2/c1-12-5-3-4-6-16(12)23-11-17(20)19-13(2)14-7-9-15(10-8-14)24(18,21)22/h3-10,13H,11H2,1-2H3,(H,19,20)(H2,18,21,22)/t13-/m1/s1. The van der Waals surface area contributed by atoms with Gasteiger partial charge in [0, 0.05) is 4.90 Å². The molecule has 2 aromatic carbocycles. The summed E-state index contributed by atoms with van der Waals surface area (Å²) in [5.74, 6) is 0.246. The second-order valence-electron chi connectivity index (χ2n) is 5.46. The molecule has 2 rings (SSSR count). The Morgan fingerprint density at radius 2 is 1.79 bits per heavy atom. The molecule has 3 N–H and O–H groups in total. The summed E-state index contributed by atoms with van der Waals surface area (Å²) in [6.45, 7) is 3.86. The van der Waals surface area contributed by atoms with Gasteiger partial charge in [0.25, 0.3) is 0 Å². The average molecular weight is 364 g/mol. The molecule has 0 bridgehead atoms. The van der Waals surface area contributed by atoms with Gasteiger partial charge in [-0.1, -0.05) is 30.3 Å². The lowest BCUT2D eigenvalue weighted by atomic mass is 10.1. The number of carbonyl (C=O) groups excluding carboxylic acids is 1. The van der Waals surface area contributed by atoms with Gasteiger partial charge in [-0.3, -0.25) is 4.79 Å². The van der Waals surface area contributed by atoms with Gasteiger partial charge >= 0.3 is 0 Å². The summed E-state index contributed by atoms with van der Waals surface area (Å²) < 4.78 is 22.5. The maximum Gasteiger partial charge on any atom is 0.238 e. The van der Waals surface area contributed by atoms with E-state index in [-0.39, 0.29) is 16.8 Å². The molecule has 5 nitrogen and oxygen atoms in total. The number of sulfonamides is 1. The molecule has 24 heavy (non-hydrogen) atoms. The number of benzene rings is 2. The van der Waals surface area contributed by atoms with Crippen molar-refractivity contribution in [1.82, 2.24) is 5.32 Å². The zero-order valence-electron chi connectivity index (χ0n) is 13.5. The molecular weight excluding hydrogens is 344 g/mol. The maximum atomic E-state index is 12.1. The summed E-state index contributed by atoms with van der Waals surface area (Å²) in [4.78, 5) is 13.2. The van der Waals surface area contributed by atoms with Crippen LogP contribution in [0.2, 0.25) is 0 Å². The van der Waals surface area contributed by atoms with Crippen molar-refractivity contribution in [2.45, 2.75) is 29.7 Å². The number of primary sulfonamides is 1. The molecule has 0 aliphatic heterocycles. The van der Waals surface area contributed by atoms with Crippen LogP contribution in [0.5, 0.6) is 0 Å². The summed E-state index contributed by atoms with van der Waals surface area (Å²) in [6.07, 6.45) is 0. The van der Waals surface area contributed by atoms with E-state index in [0.717, 1.165) is 16.0 Å². The van der Waals surface area contributed by atoms with Gasteiger partial charge in [-0.25, -0.2) is 13.6 Å². The van der Waals surface area contributed by atoms with E-state index >= 15 is 0 Å². The molecule has 0 radical (unpaired) electrons. The van der Waals surface area contributed by atoms with Gasteiger partial charge in [0.1, 0.15) is 0 Å². The van der Waals surface area contributed by atoms with Gasteiger partial charge in [-0.2, -0.15) is 0 Å². The third-order valence-electron chi connectivity index (χ3n) is 3.54. The van der Waals surface area contributed by atoms with Crippen LogP contribution in [0.1, 0.15) is 24.1 Å². The minimum Gasteiger partial charge on any atom is -0.349 e. The molecule has 0 fully saturated rings. The van der Waals surface area contributed by atoms with Gasteiger partial charge in [0.05, 0.1) is 16.7 Å². The van der Waals surface area contributed by atoms with Crippen molar-refractivity contribution in [3.05, 3.63) is 59.7 Å². The van der Waals surface area contributed by atoms with Gasteiger partial charge < -0.3 is 5.32 Å². The molecule has 1 atom stereocenters. The minimum atomic E-state index is -3.70. The van der Waals surface area contributed by atoms with Crippen LogP contribution < -0.4 is 10.5 Å². The number of amides is 1. The molecule has 0 aliphatic carbocycles. The normalized spacial score (nSPS) is 12.6. The number of nitrogens with two attached hydrogens (primary N) is 1. The number of carbonyl (C=O) groups is 1. The molecule has 0 unspecified atom stereocenters. The monoisotopic (exact) mass is 364 g/mol. The Labute approximate surface area is 146 Å². The maximum absolute atomic E-state index is 12.1. The Morgan fingerprint density at radius 3 is 2.38 bits per heavy atom. The number of hydrogen-bond acceptors (Lipinski definition) is 4. The smallest absolute Gasteiger partial charge is 0.238 e. The van der Waals surface area contributed by atoms with Gasteiger partial charge in [-0.15, -0.1) is 11.8 Å². The third-order valence-corrected chi connectivity index (χ3v) is 5.64. The molecule has 0 saturated carbocycles. The molecule has 2 aromatic rings. The fraction of sp³-hybridized carbons (Fsp3) is 0.235. The zero-order valence-corrected chi connectivity index (χ0v) is 15.2. The van der Waals surface area contributed by atoms with Crippen molar-refractivity contribution < 1.29 is 13.2 Å². The lowest BCUT2D eigenvalue weighted by Gasteiger charge is -2.15. The lowest BCUT2D eigenvalue weighted by Crippen LogP contribution is -2.28. The first-order valence-corrected chi connectivity index (χ1v) is 9.91. The van der Waals surface area contributed by atoms with Crippen LogP contribution in [-0.2, 0) is 14.8 Å². The SMILES string of the molecule is Cc1ccccc1SCC(=O)N[C@H](C)c1ccc(S(N)(=O)=O)cc1. The summed E-state index contributed by atoms with van der Waals surface area (Å²) >= 11 is 1.49. The molecule has 0 heterocycles. The second-order valence-corrected chi connectivity index (χ2v) is 8.04. The van der Waals surface area contributed by atoms with Crippen LogP contribution in [0.15, 0.2) is 58.3 Å². The summed E-state index contributed by atoms with van der Waals surface area (Å²) in [6, 6.07) is 13.9. The van der Waals surface area contributed by atoms with E-state index in [0.29, 0.717) is 5.75 Å². The number of hydrogen-bond donors (Lipinski definition) is 2. The Kier molecular flexibility index (Phi) is 6.04. The third kappa shape index (κ3) is 5.09. The van der Waals surface area contributed by atoms with Gasteiger partial charge in [0.15, 0.2) is 0 Å². The van der Waals surface area contributed by atoms with E-state index in [1.165, 1.54) is 23.9 Å². The van der Waals surface area contributed by atoms with E-state index in [2.05, 4.69) is 5.32 Å². The Hall–Kier alpha value is -1.83. The van der Waals surface area contributed by atoms with Crippen molar-refractivity contribution >= 4 is 27.7 Å². The minimum absolute atomic E-state index is 0.0554. The fourth-order valence-corrected chi connectivity index (χ4v) is 3.53. The van der Waals surface area contributed by atoms with Crippen molar-refractivity contribution in [2.24, 2.45) is 5.14 Å². The second kappa shape index (κ2) is 7.83. The van der Waals surface area contributed by atoms with E-state index in [1.807, 2.05) is 38.1 Å². The zero-order chi connectivity index (χ0) is 17.7. The molecule has 0 spiro atoms. The topological polar surface area (TPSA) is 89.3 Å². The molecule has 7 heteroatoms. The van der Waals surface area contributed by atoms with E-state index in [1.54, 1.807) is 12.1 Å². The number of aryl methyl sites for hydroxylation is 1. The molecular formula is C17H20N2O3S2. The Morgan fingerprint density at radius 1 is 1.17 bits per heavy atom. The molecule has 0 aromatic heterocycles. The molecule has 128 valence electrons. The lowest BCUT2D eigenvalue weighted by molar-refractivity contribution is -0.119. The molecule has 1 amide bonds. The highest BCUT2D eigenvalue weighted by Gasteiger charge is 2.12. The van der Waals surface area contributed by atoms with Crippen molar-refractivity contribution in [3.8, 4) is 0 Å². The van der Waals surface area contributed by atoms with E-state index < -0.39 is 10.0 Å². The predicted octanol–water partition coefficient (Wildman–Crippen LogP) is 2.61. The average Bonchev–Trinajstić information content (AvgIpc) is 2.53. The highest BCUT2D eigenvalue weighted by Crippen LogP contribution is 2.22. The van der Waals surface area contributed by atoms with Crippen molar-refractivity contribution in [3.63, 3.8) is 0 Å². The number of thioether (sulfide) groups is 1. The Balaban J connectivity index is 1.93. The van der Waals surface area contributed by atoms with E-state index in [9.17, 15) is 13.2 Å². The van der Waals surface area contributed by atoms with Crippen LogP contribution in [0.4, 0.5) is 0 Å². The summed E-state index contributed by atoms with van der Waals surface area (Å²) in [5.41, 5.74) is 1.96. The fourth-order valence-electron chi connectivity index (χ4n) is 2.17. The summed E-state index contributed by atoms with van der Waals surface area (Å²) in [7, 11) is -3.70. The molecule has 0 aliphatic rings. The predicted molar refractivity (Wildman–Crippen MR) is 96.3 cm³/mol. The number of nitrogens with one attached hydrogen (secondary N) is 1. The van der Waals surface area contributed by atoms with Crippen LogP contribution in [0.3, 0.4) is 0 Å². The van der Waals surface area contributed by atoms with Crippen LogP contribution >= 0.6 is 11.8 Å². The van der Waals surface area contributed by atoms with Crippen LogP contribution in [0, 0.1) is 6.92 Å². The first-order valence-electron chi connectivity index (χ1n) is 7.38. The van der Waals surface area contributed by atoms with Crippen molar-refractivity contribution in [1.29, 1.82) is 0 Å². The highest BCUT2D eigenvalue weighted by atomic mass is 32.2. The summed E-state index contributed by atoms with van der Waals surface area (Å²) in [5, 5.41) is 7.97. The first-order chi connectivity index (χ1) is 11.3. The van der Waals surface area contributed by atoms with Gasteiger partial charge in [-0.05, 0) is 43.2 Å². The van der Waals surface area contributed by atoms with Crippen LogP contribution in [-0.4, -0.2) is 20.1 Å². The van der Waals surface area contributed by atoms with Gasteiger partial charge in [0.2, 0.25) is 15.9 Å². The van der Waals surface area contributed by atoms with Crippen LogP contribution in [0.25, 0.3) is 0 Å². The van der Waals surface area contributed by atoms with Crippen molar-refractivity contribution in [2.75, 3.05) is 5.75 Å². The van der Waals surface area contributed by atoms with E-state index in [4.69, 9.17) is 5.14 Å².